The van der Waals surface area contributed by atoms with Crippen molar-refractivity contribution < 1.29 is 19.1 Å². The number of benzene rings is 1. The van der Waals surface area contributed by atoms with E-state index in [1.54, 1.807) is 19.9 Å². The van der Waals surface area contributed by atoms with Crippen LogP contribution in [-0.2, 0) is 9.53 Å². The highest BCUT2D eigenvalue weighted by molar-refractivity contribution is 6.41. The summed E-state index contributed by atoms with van der Waals surface area (Å²) in [6.45, 7) is 3.47. The van der Waals surface area contributed by atoms with E-state index in [0.717, 1.165) is 0 Å². The fraction of sp³-hybridized carbons (Fsp3) is 0.333. The number of hydrogen-bond acceptors (Lipinski definition) is 4. The topological polar surface area (TPSA) is 52.6 Å². The molecule has 0 aliphatic carbocycles. The van der Waals surface area contributed by atoms with E-state index in [4.69, 9.17) is 16.3 Å². The van der Waals surface area contributed by atoms with Crippen molar-refractivity contribution in [1.82, 2.24) is 0 Å². The molecule has 1 rings (SSSR count). The fourth-order valence-corrected chi connectivity index (χ4v) is 1.62. The van der Waals surface area contributed by atoms with Gasteiger partial charge < -0.3 is 9.47 Å². The van der Waals surface area contributed by atoms with Crippen LogP contribution in [0.5, 0.6) is 5.75 Å². The normalized spacial score (nSPS) is 9.88. The number of Topliss-reactive ketones (excluding diaryl/α,β-unsaturated/α-hetero) is 1. The van der Waals surface area contributed by atoms with Crippen molar-refractivity contribution in [2.75, 3.05) is 13.7 Å². The van der Waals surface area contributed by atoms with E-state index < -0.39 is 11.8 Å². The van der Waals surface area contributed by atoms with Crippen molar-refractivity contribution in [3.63, 3.8) is 0 Å². The summed E-state index contributed by atoms with van der Waals surface area (Å²) in [5.74, 6) is -1.14. The minimum atomic E-state index is -0.889. The number of carbonyl (C=O) groups excluding carboxylic acids is 2. The number of carbonyl (C=O) groups is 2. The zero-order valence-electron chi connectivity index (χ0n) is 9.87. The summed E-state index contributed by atoms with van der Waals surface area (Å²) in [7, 11) is 1.47. The Bertz CT molecular complexity index is 454. The van der Waals surface area contributed by atoms with Gasteiger partial charge in [-0.2, -0.15) is 0 Å². The first-order chi connectivity index (χ1) is 8.01. The molecule has 1 aromatic rings. The summed E-state index contributed by atoms with van der Waals surface area (Å²) in [6.07, 6.45) is 0. The van der Waals surface area contributed by atoms with E-state index in [0.29, 0.717) is 16.3 Å². The highest BCUT2D eigenvalue weighted by atomic mass is 35.5. The first kappa shape index (κ1) is 13.5. The standard InChI is InChI=1S/C12H13ClO4/c1-4-17-12(15)11(14)9-5-8(13)6-10(16-3)7(9)2/h5-6H,4H2,1-3H3. The maximum atomic E-state index is 11.8. The molecule has 4 nitrogen and oxygen atoms in total. The molecule has 0 heterocycles. The quantitative estimate of drug-likeness (QED) is 0.472. The predicted octanol–water partition coefficient (Wildman–Crippen LogP) is 2.40. The summed E-state index contributed by atoms with van der Waals surface area (Å²) < 4.78 is 9.72. The maximum absolute atomic E-state index is 11.8. The molecule has 1 aromatic carbocycles. The monoisotopic (exact) mass is 256 g/mol. The van der Waals surface area contributed by atoms with Gasteiger partial charge in [0.15, 0.2) is 0 Å². The second-order valence-electron chi connectivity index (χ2n) is 3.33. The molecular formula is C12H13ClO4. The van der Waals surface area contributed by atoms with Crippen LogP contribution in [0.1, 0.15) is 22.8 Å². The summed E-state index contributed by atoms with van der Waals surface area (Å²) in [5.41, 5.74) is 0.766. The van der Waals surface area contributed by atoms with Gasteiger partial charge in [0.2, 0.25) is 0 Å². The Hall–Kier alpha value is -1.55. The van der Waals surface area contributed by atoms with E-state index in [9.17, 15) is 9.59 Å². The lowest BCUT2D eigenvalue weighted by molar-refractivity contribution is -0.137. The van der Waals surface area contributed by atoms with E-state index in [-0.39, 0.29) is 12.2 Å². The van der Waals surface area contributed by atoms with Crippen molar-refractivity contribution in [2.45, 2.75) is 13.8 Å². The average Bonchev–Trinajstić information content (AvgIpc) is 2.31. The first-order valence-electron chi connectivity index (χ1n) is 5.06. The number of esters is 1. The third-order valence-electron chi connectivity index (χ3n) is 2.25. The van der Waals surface area contributed by atoms with Crippen LogP contribution in [0.25, 0.3) is 0 Å². The average molecular weight is 257 g/mol. The minimum absolute atomic E-state index is 0.154. The number of rotatable bonds is 4. The molecule has 0 unspecified atom stereocenters. The Morgan fingerprint density at radius 2 is 2.00 bits per heavy atom. The molecule has 92 valence electrons. The van der Waals surface area contributed by atoms with Gasteiger partial charge in [-0.05, 0) is 26.0 Å². The smallest absolute Gasteiger partial charge is 0.379 e. The predicted molar refractivity (Wildman–Crippen MR) is 63.7 cm³/mol. The molecule has 0 atom stereocenters. The van der Waals surface area contributed by atoms with Crippen LogP contribution in [0.4, 0.5) is 0 Å². The Morgan fingerprint density at radius 3 is 2.53 bits per heavy atom. The van der Waals surface area contributed by atoms with Crippen LogP contribution < -0.4 is 4.74 Å². The highest BCUT2D eigenvalue weighted by Gasteiger charge is 2.21. The zero-order valence-corrected chi connectivity index (χ0v) is 10.6. The van der Waals surface area contributed by atoms with Crippen LogP contribution in [0.15, 0.2) is 12.1 Å². The molecule has 0 N–H and O–H groups in total. The Kier molecular flexibility index (Phi) is 4.52. The van der Waals surface area contributed by atoms with Gasteiger partial charge >= 0.3 is 5.97 Å². The minimum Gasteiger partial charge on any atom is -0.496 e. The third-order valence-corrected chi connectivity index (χ3v) is 2.47. The van der Waals surface area contributed by atoms with E-state index in [1.165, 1.54) is 13.2 Å². The van der Waals surface area contributed by atoms with Crippen molar-refractivity contribution >= 4 is 23.4 Å². The molecule has 0 aliphatic heterocycles. The Balaban J connectivity index is 3.17. The molecule has 5 heteroatoms. The van der Waals surface area contributed by atoms with Crippen LogP contribution in [0.2, 0.25) is 5.02 Å². The molecule has 0 saturated heterocycles. The second-order valence-corrected chi connectivity index (χ2v) is 3.77. The van der Waals surface area contributed by atoms with Crippen LogP contribution in [0, 0.1) is 6.92 Å². The number of halogens is 1. The second kappa shape index (κ2) is 5.68. The SMILES string of the molecule is CCOC(=O)C(=O)c1cc(Cl)cc(OC)c1C. The van der Waals surface area contributed by atoms with Gasteiger partial charge in [0.05, 0.1) is 13.7 Å². The van der Waals surface area contributed by atoms with Gasteiger partial charge in [-0.1, -0.05) is 11.6 Å². The first-order valence-corrected chi connectivity index (χ1v) is 5.44. The largest absolute Gasteiger partial charge is 0.496 e. The van der Waals surface area contributed by atoms with Crippen LogP contribution >= 0.6 is 11.6 Å². The lowest BCUT2D eigenvalue weighted by atomic mass is 10.0. The summed E-state index contributed by atoms with van der Waals surface area (Å²) in [6, 6.07) is 3.01. The molecule has 0 bridgehead atoms. The van der Waals surface area contributed by atoms with Crippen molar-refractivity contribution in [1.29, 1.82) is 0 Å². The van der Waals surface area contributed by atoms with Crippen molar-refractivity contribution in [2.24, 2.45) is 0 Å². The van der Waals surface area contributed by atoms with E-state index in [2.05, 4.69) is 4.74 Å². The molecule has 17 heavy (non-hydrogen) atoms. The van der Waals surface area contributed by atoms with Gasteiger partial charge in [-0.3, -0.25) is 4.79 Å². The van der Waals surface area contributed by atoms with Gasteiger partial charge in [0.25, 0.3) is 5.78 Å². The third kappa shape index (κ3) is 2.97. The molecule has 0 amide bonds. The van der Waals surface area contributed by atoms with Crippen molar-refractivity contribution in [3.05, 3.63) is 28.3 Å². The number of ketones is 1. The number of ether oxygens (including phenoxy) is 2. The lowest BCUT2D eigenvalue weighted by Gasteiger charge is -2.10. The molecule has 0 radical (unpaired) electrons. The van der Waals surface area contributed by atoms with Gasteiger partial charge in [0, 0.05) is 16.1 Å². The molecule has 0 aliphatic rings. The fourth-order valence-electron chi connectivity index (χ4n) is 1.41. The molecule has 0 spiro atoms. The van der Waals surface area contributed by atoms with Crippen LogP contribution in [0.3, 0.4) is 0 Å². The number of methoxy groups -OCH3 is 1. The van der Waals surface area contributed by atoms with E-state index >= 15 is 0 Å². The lowest BCUT2D eigenvalue weighted by Crippen LogP contribution is -2.18. The Labute approximate surface area is 104 Å². The van der Waals surface area contributed by atoms with Gasteiger partial charge in [-0.15, -0.1) is 0 Å². The molecule has 0 fully saturated rings. The molecular weight excluding hydrogens is 244 g/mol. The van der Waals surface area contributed by atoms with Gasteiger partial charge in [-0.25, -0.2) is 4.79 Å². The molecule has 0 aromatic heterocycles. The van der Waals surface area contributed by atoms with Gasteiger partial charge in [0.1, 0.15) is 5.75 Å². The summed E-state index contributed by atoms with van der Waals surface area (Å²) >= 11 is 5.84. The highest BCUT2D eigenvalue weighted by Crippen LogP contribution is 2.27. The number of hydrogen-bond donors (Lipinski definition) is 0. The summed E-state index contributed by atoms with van der Waals surface area (Å²) in [5, 5.41) is 0.333. The Morgan fingerprint density at radius 1 is 1.35 bits per heavy atom. The van der Waals surface area contributed by atoms with E-state index in [1.807, 2.05) is 0 Å². The van der Waals surface area contributed by atoms with Crippen LogP contribution in [-0.4, -0.2) is 25.5 Å². The molecule has 0 saturated carbocycles. The summed E-state index contributed by atoms with van der Waals surface area (Å²) in [4.78, 5) is 23.1. The zero-order chi connectivity index (χ0) is 13.0. The maximum Gasteiger partial charge on any atom is 0.379 e. The van der Waals surface area contributed by atoms with Crippen molar-refractivity contribution in [3.8, 4) is 5.75 Å².